The average Bonchev–Trinajstić information content (AvgIpc) is 2.94. The molecule has 0 bridgehead atoms. The summed E-state index contributed by atoms with van der Waals surface area (Å²) in [5.41, 5.74) is 2.57. The molecule has 0 fully saturated rings. The number of hydrogen-bond acceptors (Lipinski definition) is 1. The molecular formula is C18H25ClN4. The molecule has 1 N–H and O–H groups in total. The van der Waals surface area contributed by atoms with Crippen molar-refractivity contribution in [1.29, 1.82) is 0 Å². The lowest BCUT2D eigenvalue weighted by molar-refractivity contribution is 0.461. The monoisotopic (exact) mass is 332 g/mol. The van der Waals surface area contributed by atoms with E-state index in [1.165, 1.54) is 11.3 Å². The van der Waals surface area contributed by atoms with Crippen LogP contribution in [0.5, 0.6) is 0 Å². The van der Waals surface area contributed by atoms with Crippen LogP contribution in [0, 0.1) is 0 Å². The van der Waals surface area contributed by atoms with E-state index in [4.69, 9.17) is 11.6 Å². The van der Waals surface area contributed by atoms with Gasteiger partial charge in [0.1, 0.15) is 0 Å². The van der Waals surface area contributed by atoms with E-state index in [-0.39, 0.29) is 0 Å². The van der Waals surface area contributed by atoms with Crippen molar-refractivity contribution in [3.63, 3.8) is 0 Å². The van der Waals surface area contributed by atoms with Crippen LogP contribution in [0.25, 0.3) is 0 Å². The summed E-state index contributed by atoms with van der Waals surface area (Å²) in [5, 5.41) is 4.21. The Bertz CT molecular complexity index is 631. The van der Waals surface area contributed by atoms with Crippen LogP contribution in [0.15, 0.2) is 47.6 Å². The average molecular weight is 333 g/mol. The molecule has 0 saturated carbocycles. The predicted molar refractivity (Wildman–Crippen MR) is 98.0 cm³/mol. The van der Waals surface area contributed by atoms with E-state index in [1.807, 2.05) is 19.2 Å². The van der Waals surface area contributed by atoms with Crippen LogP contribution in [0.4, 0.5) is 0 Å². The molecule has 0 saturated heterocycles. The number of nitrogens with zero attached hydrogens (tertiary/aromatic N) is 3. The Kier molecular flexibility index (Phi) is 6.53. The van der Waals surface area contributed by atoms with Gasteiger partial charge in [0.25, 0.3) is 0 Å². The minimum absolute atomic E-state index is 0.787. The molecule has 4 nitrogen and oxygen atoms in total. The molecule has 2 aromatic rings. The zero-order valence-electron chi connectivity index (χ0n) is 14.1. The van der Waals surface area contributed by atoms with Gasteiger partial charge in [0.05, 0.1) is 6.54 Å². The Labute approximate surface area is 143 Å². The van der Waals surface area contributed by atoms with Gasteiger partial charge in [-0.1, -0.05) is 23.7 Å². The second kappa shape index (κ2) is 8.63. The molecule has 1 aromatic carbocycles. The molecular weight excluding hydrogens is 308 g/mol. The molecule has 0 aliphatic rings. The van der Waals surface area contributed by atoms with Crippen LogP contribution >= 0.6 is 11.6 Å². The smallest absolute Gasteiger partial charge is 0.193 e. The predicted octanol–water partition coefficient (Wildman–Crippen LogP) is 3.32. The first-order chi connectivity index (χ1) is 11.1. The Morgan fingerprint density at radius 1 is 1.26 bits per heavy atom. The van der Waals surface area contributed by atoms with E-state index < -0.39 is 0 Å². The Hall–Kier alpha value is -1.94. The van der Waals surface area contributed by atoms with E-state index >= 15 is 0 Å². The Morgan fingerprint density at radius 3 is 2.61 bits per heavy atom. The van der Waals surface area contributed by atoms with Crippen molar-refractivity contribution >= 4 is 17.6 Å². The van der Waals surface area contributed by atoms with Gasteiger partial charge >= 0.3 is 0 Å². The summed E-state index contributed by atoms with van der Waals surface area (Å²) in [6, 6.07) is 12.2. The van der Waals surface area contributed by atoms with E-state index in [0.29, 0.717) is 0 Å². The summed E-state index contributed by atoms with van der Waals surface area (Å²) in [4.78, 5) is 6.50. The van der Waals surface area contributed by atoms with Crippen molar-refractivity contribution in [2.45, 2.75) is 19.4 Å². The third kappa shape index (κ3) is 5.32. The highest BCUT2D eigenvalue weighted by molar-refractivity contribution is 6.30. The van der Waals surface area contributed by atoms with Gasteiger partial charge in [-0.15, -0.1) is 0 Å². The van der Waals surface area contributed by atoms with E-state index in [2.05, 4.69) is 64.3 Å². The largest absolute Gasteiger partial charge is 0.356 e. The number of aryl methyl sites for hydroxylation is 2. The zero-order valence-corrected chi connectivity index (χ0v) is 14.8. The molecule has 124 valence electrons. The van der Waals surface area contributed by atoms with Gasteiger partial charge in [0, 0.05) is 44.6 Å². The van der Waals surface area contributed by atoms with Crippen LogP contribution in [-0.4, -0.2) is 36.1 Å². The topological polar surface area (TPSA) is 32.6 Å². The van der Waals surface area contributed by atoms with Gasteiger partial charge in [0.2, 0.25) is 0 Å². The van der Waals surface area contributed by atoms with Crippen LogP contribution in [0.3, 0.4) is 0 Å². The Balaban J connectivity index is 1.76. The quantitative estimate of drug-likeness (QED) is 0.500. The molecule has 23 heavy (non-hydrogen) atoms. The number of aromatic nitrogens is 1. The Morgan fingerprint density at radius 2 is 2.00 bits per heavy atom. The minimum Gasteiger partial charge on any atom is -0.356 e. The summed E-state index contributed by atoms with van der Waals surface area (Å²) in [6.07, 6.45) is 4.15. The molecule has 0 atom stereocenters. The third-order valence-electron chi connectivity index (χ3n) is 3.86. The van der Waals surface area contributed by atoms with Gasteiger partial charge in [-0.2, -0.15) is 0 Å². The van der Waals surface area contributed by atoms with E-state index in [9.17, 15) is 0 Å². The molecule has 0 amide bonds. The summed E-state index contributed by atoms with van der Waals surface area (Å²) in [7, 11) is 5.94. The zero-order chi connectivity index (χ0) is 16.7. The highest BCUT2D eigenvalue weighted by Crippen LogP contribution is 2.10. The molecule has 1 heterocycles. The lowest BCUT2D eigenvalue weighted by Gasteiger charge is -2.22. The van der Waals surface area contributed by atoms with Gasteiger partial charge in [-0.3, -0.25) is 4.99 Å². The number of halogens is 1. The summed E-state index contributed by atoms with van der Waals surface area (Å²) in [6.45, 7) is 1.73. The van der Waals surface area contributed by atoms with Crippen LogP contribution in [0.2, 0.25) is 5.02 Å². The lowest BCUT2D eigenvalue weighted by Crippen LogP contribution is -2.39. The SMILES string of the molecule is CN=C(NCCCc1ccc(Cl)cc1)N(C)Cc1cccn1C. The number of nitrogens with one attached hydrogen (secondary N) is 1. The van der Waals surface area contributed by atoms with Gasteiger partial charge < -0.3 is 14.8 Å². The minimum atomic E-state index is 0.787. The highest BCUT2D eigenvalue weighted by atomic mass is 35.5. The molecule has 0 spiro atoms. The summed E-state index contributed by atoms with van der Waals surface area (Å²) in [5.74, 6) is 0.919. The fraction of sp³-hybridized carbons (Fsp3) is 0.389. The second-order valence-electron chi connectivity index (χ2n) is 5.67. The maximum absolute atomic E-state index is 5.90. The second-order valence-corrected chi connectivity index (χ2v) is 6.11. The van der Waals surface area contributed by atoms with Gasteiger partial charge in [0.15, 0.2) is 5.96 Å². The van der Waals surface area contributed by atoms with Crippen LogP contribution < -0.4 is 5.32 Å². The summed E-state index contributed by atoms with van der Waals surface area (Å²) >= 11 is 5.90. The molecule has 0 aliphatic carbocycles. The van der Waals surface area contributed by atoms with Crippen molar-refractivity contribution in [2.75, 3.05) is 20.6 Å². The maximum Gasteiger partial charge on any atom is 0.193 e. The highest BCUT2D eigenvalue weighted by Gasteiger charge is 2.07. The normalized spacial score (nSPS) is 11.6. The van der Waals surface area contributed by atoms with Crippen LogP contribution in [0.1, 0.15) is 17.7 Å². The molecule has 0 radical (unpaired) electrons. The van der Waals surface area contributed by atoms with E-state index in [1.54, 1.807) is 0 Å². The molecule has 0 aliphatic heterocycles. The van der Waals surface area contributed by atoms with Crippen molar-refractivity contribution in [1.82, 2.24) is 14.8 Å². The fourth-order valence-corrected chi connectivity index (χ4v) is 2.63. The first-order valence-electron chi connectivity index (χ1n) is 7.86. The van der Waals surface area contributed by atoms with Gasteiger partial charge in [-0.25, -0.2) is 0 Å². The molecule has 2 rings (SSSR count). The third-order valence-corrected chi connectivity index (χ3v) is 4.11. The fourth-order valence-electron chi connectivity index (χ4n) is 2.51. The molecule has 1 aromatic heterocycles. The first-order valence-corrected chi connectivity index (χ1v) is 8.24. The van der Waals surface area contributed by atoms with Crippen LogP contribution in [-0.2, 0) is 20.0 Å². The van der Waals surface area contributed by atoms with Crippen molar-refractivity contribution in [3.05, 3.63) is 58.9 Å². The molecule has 5 heteroatoms. The number of benzene rings is 1. The van der Waals surface area contributed by atoms with Crippen molar-refractivity contribution < 1.29 is 0 Å². The number of aliphatic imine (C=N–C) groups is 1. The van der Waals surface area contributed by atoms with E-state index in [0.717, 1.165) is 36.9 Å². The first kappa shape index (κ1) is 17.4. The van der Waals surface area contributed by atoms with Gasteiger partial charge in [-0.05, 0) is 42.7 Å². The molecule has 0 unspecified atom stereocenters. The lowest BCUT2D eigenvalue weighted by atomic mass is 10.1. The van der Waals surface area contributed by atoms with Crippen molar-refractivity contribution in [3.8, 4) is 0 Å². The number of hydrogen-bond donors (Lipinski definition) is 1. The standard InChI is InChI=1S/C18H25ClN4/c1-20-18(23(3)14-17-7-5-13-22(17)2)21-12-4-6-15-8-10-16(19)11-9-15/h5,7-11,13H,4,6,12,14H2,1-3H3,(H,20,21). The number of guanidine groups is 1. The number of rotatable bonds is 6. The maximum atomic E-state index is 5.90. The summed E-state index contributed by atoms with van der Waals surface area (Å²) < 4.78 is 2.13. The van der Waals surface area contributed by atoms with Crippen molar-refractivity contribution in [2.24, 2.45) is 12.0 Å².